The predicted molar refractivity (Wildman–Crippen MR) is 88.4 cm³/mol. The van der Waals surface area contributed by atoms with Crippen LogP contribution >= 0.6 is 0 Å². The molecule has 0 saturated carbocycles. The first kappa shape index (κ1) is 19.4. The molecule has 1 aromatic carbocycles. The lowest BCUT2D eigenvalue weighted by Crippen LogP contribution is -2.33. The third-order valence-electron chi connectivity index (χ3n) is 3.06. The Balaban J connectivity index is 0.000000921. The van der Waals surface area contributed by atoms with Crippen LogP contribution in [0.25, 0.3) is 0 Å². The number of ether oxygens (including phenoxy) is 1. The molecule has 1 aliphatic heterocycles. The van der Waals surface area contributed by atoms with Gasteiger partial charge in [0.15, 0.2) is 0 Å². The second kappa shape index (κ2) is 12.2. The average Bonchev–Trinajstić information content (AvgIpc) is 3.06. The maximum absolute atomic E-state index is 11.8. The van der Waals surface area contributed by atoms with Crippen molar-refractivity contribution >= 4 is 6.09 Å². The second-order valence-electron chi connectivity index (χ2n) is 4.26. The van der Waals surface area contributed by atoms with Crippen molar-refractivity contribution in [1.82, 2.24) is 10.2 Å². The summed E-state index contributed by atoms with van der Waals surface area (Å²) in [4.78, 5) is 13.5. The Bertz CT molecular complexity index is 368. The highest BCUT2D eigenvalue weighted by Crippen LogP contribution is 2.11. The molecule has 0 spiro atoms. The normalized spacial score (nSPS) is 16.2. The lowest BCUT2D eigenvalue weighted by Gasteiger charge is -2.16. The van der Waals surface area contributed by atoms with Gasteiger partial charge in [0, 0.05) is 19.1 Å². The van der Waals surface area contributed by atoms with Crippen LogP contribution in [0.1, 0.15) is 39.7 Å². The molecule has 21 heavy (non-hydrogen) atoms. The Kier molecular flexibility index (Phi) is 11.3. The van der Waals surface area contributed by atoms with Crippen LogP contribution in [0.15, 0.2) is 30.3 Å². The highest BCUT2D eigenvalue weighted by Gasteiger charge is 2.25. The summed E-state index contributed by atoms with van der Waals surface area (Å²) in [5, 5.41) is 3.17. The van der Waals surface area contributed by atoms with Crippen molar-refractivity contribution in [2.75, 3.05) is 20.1 Å². The van der Waals surface area contributed by atoms with Gasteiger partial charge >= 0.3 is 6.09 Å². The standard InChI is InChI=1S/C13H18N2O2.2C2H6/c1-14-12-7-8-15(9-12)13(16)17-10-11-5-3-2-4-6-11;2*1-2/h2-6,12,14H,7-10H2,1H3;2*1-2H3. The summed E-state index contributed by atoms with van der Waals surface area (Å²) in [5.41, 5.74) is 1.02. The van der Waals surface area contributed by atoms with Gasteiger partial charge in [-0.25, -0.2) is 4.79 Å². The quantitative estimate of drug-likeness (QED) is 0.925. The van der Waals surface area contributed by atoms with Crippen LogP contribution in [0, 0.1) is 0 Å². The van der Waals surface area contributed by atoms with E-state index in [4.69, 9.17) is 4.74 Å². The van der Waals surface area contributed by atoms with Gasteiger partial charge in [0.05, 0.1) is 0 Å². The Morgan fingerprint density at radius 2 is 1.86 bits per heavy atom. The topological polar surface area (TPSA) is 41.6 Å². The van der Waals surface area contributed by atoms with Gasteiger partial charge in [-0.1, -0.05) is 58.0 Å². The zero-order valence-electron chi connectivity index (χ0n) is 14.1. The van der Waals surface area contributed by atoms with E-state index in [-0.39, 0.29) is 6.09 Å². The monoisotopic (exact) mass is 294 g/mol. The summed E-state index contributed by atoms with van der Waals surface area (Å²) in [6.07, 6.45) is 0.781. The first-order valence-corrected chi connectivity index (χ1v) is 7.92. The van der Waals surface area contributed by atoms with Crippen LogP contribution in [0.2, 0.25) is 0 Å². The molecule has 120 valence electrons. The lowest BCUT2D eigenvalue weighted by molar-refractivity contribution is 0.103. The SMILES string of the molecule is CC.CC.CNC1CCN(C(=O)OCc2ccccc2)C1. The number of hydrogen-bond acceptors (Lipinski definition) is 3. The molecule has 4 heteroatoms. The molecule has 1 atom stereocenters. The lowest BCUT2D eigenvalue weighted by atomic mass is 10.2. The molecule has 4 nitrogen and oxygen atoms in total. The van der Waals surface area contributed by atoms with Gasteiger partial charge in [-0.15, -0.1) is 0 Å². The Morgan fingerprint density at radius 3 is 2.38 bits per heavy atom. The summed E-state index contributed by atoms with van der Waals surface area (Å²) < 4.78 is 5.26. The van der Waals surface area contributed by atoms with E-state index in [0.29, 0.717) is 12.6 Å². The molecule has 1 saturated heterocycles. The van der Waals surface area contributed by atoms with E-state index < -0.39 is 0 Å². The number of likely N-dealkylation sites (tertiary alicyclic amines) is 1. The van der Waals surface area contributed by atoms with Gasteiger partial charge in [-0.2, -0.15) is 0 Å². The van der Waals surface area contributed by atoms with Gasteiger partial charge in [0.25, 0.3) is 0 Å². The van der Waals surface area contributed by atoms with Crippen LogP contribution < -0.4 is 5.32 Å². The van der Waals surface area contributed by atoms with E-state index in [1.54, 1.807) is 4.90 Å². The van der Waals surface area contributed by atoms with E-state index in [1.807, 2.05) is 65.1 Å². The maximum Gasteiger partial charge on any atom is 0.410 e. The average molecular weight is 294 g/mol. The van der Waals surface area contributed by atoms with Crippen molar-refractivity contribution in [2.45, 2.75) is 46.8 Å². The highest BCUT2D eigenvalue weighted by molar-refractivity contribution is 5.68. The molecular formula is C17H30N2O2. The Hall–Kier alpha value is -1.55. The minimum Gasteiger partial charge on any atom is -0.445 e. The fourth-order valence-corrected chi connectivity index (χ4v) is 1.97. The smallest absolute Gasteiger partial charge is 0.410 e. The van der Waals surface area contributed by atoms with Gasteiger partial charge < -0.3 is 15.0 Å². The fourth-order valence-electron chi connectivity index (χ4n) is 1.97. The van der Waals surface area contributed by atoms with Crippen molar-refractivity contribution in [3.63, 3.8) is 0 Å². The summed E-state index contributed by atoms with van der Waals surface area (Å²) in [6.45, 7) is 9.86. The summed E-state index contributed by atoms with van der Waals surface area (Å²) >= 11 is 0. The number of carbonyl (C=O) groups is 1. The van der Waals surface area contributed by atoms with Crippen LogP contribution in [-0.2, 0) is 11.3 Å². The molecule has 1 N–H and O–H groups in total. The zero-order valence-corrected chi connectivity index (χ0v) is 14.1. The van der Waals surface area contributed by atoms with E-state index in [1.165, 1.54) is 0 Å². The summed E-state index contributed by atoms with van der Waals surface area (Å²) in [6, 6.07) is 10.1. The molecule has 1 amide bonds. The summed E-state index contributed by atoms with van der Waals surface area (Å²) in [5.74, 6) is 0. The molecule has 1 heterocycles. The summed E-state index contributed by atoms with van der Waals surface area (Å²) in [7, 11) is 1.92. The maximum atomic E-state index is 11.8. The second-order valence-corrected chi connectivity index (χ2v) is 4.26. The number of benzene rings is 1. The molecular weight excluding hydrogens is 264 g/mol. The number of nitrogens with zero attached hydrogens (tertiary/aromatic N) is 1. The predicted octanol–water partition coefficient (Wildman–Crippen LogP) is 3.67. The van der Waals surface area contributed by atoms with Crippen molar-refractivity contribution in [1.29, 1.82) is 0 Å². The molecule has 2 rings (SSSR count). The third kappa shape index (κ3) is 7.14. The Labute approximate surface area is 129 Å². The Morgan fingerprint density at radius 1 is 1.24 bits per heavy atom. The molecule has 0 aromatic heterocycles. The minimum atomic E-state index is -0.216. The van der Waals surface area contributed by atoms with Gasteiger partial charge in [0.1, 0.15) is 6.61 Å². The number of carbonyl (C=O) groups excluding carboxylic acids is 1. The van der Waals surface area contributed by atoms with E-state index >= 15 is 0 Å². The molecule has 0 aliphatic carbocycles. The van der Waals surface area contributed by atoms with Gasteiger partial charge in [0.2, 0.25) is 0 Å². The highest BCUT2D eigenvalue weighted by atomic mass is 16.6. The zero-order chi connectivity index (χ0) is 16.1. The minimum absolute atomic E-state index is 0.216. The van der Waals surface area contributed by atoms with Crippen molar-refractivity contribution in [3.8, 4) is 0 Å². The van der Waals surface area contributed by atoms with Crippen molar-refractivity contribution in [2.24, 2.45) is 0 Å². The van der Waals surface area contributed by atoms with Crippen LogP contribution in [0.4, 0.5) is 4.79 Å². The largest absolute Gasteiger partial charge is 0.445 e. The first-order chi connectivity index (χ1) is 10.3. The van der Waals surface area contributed by atoms with Crippen molar-refractivity contribution < 1.29 is 9.53 Å². The molecule has 1 aliphatic rings. The van der Waals surface area contributed by atoms with Gasteiger partial charge in [-0.3, -0.25) is 0 Å². The fraction of sp³-hybridized carbons (Fsp3) is 0.588. The number of likely N-dealkylation sites (N-methyl/N-ethyl adjacent to an activating group) is 1. The van der Waals surface area contributed by atoms with Crippen LogP contribution in [0.3, 0.4) is 0 Å². The molecule has 0 bridgehead atoms. The van der Waals surface area contributed by atoms with Gasteiger partial charge in [-0.05, 0) is 19.0 Å². The number of amides is 1. The van der Waals surface area contributed by atoms with E-state index in [2.05, 4.69) is 5.32 Å². The van der Waals surface area contributed by atoms with Crippen LogP contribution in [0.5, 0.6) is 0 Å². The first-order valence-electron chi connectivity index (χ1n) is 7.92. The molecule has 1 unspecified atom stereocenters. The third-order valence-corrected chi connectivity index (χ3v) is 3.06. The molecule has 1 aromatic rings. The van der Waals surface area contributed by atoms with Crippen molar-refractivity contribution in [3.05, 3.63) is 35.9 Å². The number of rotatable bonds is 3. The number of nitrogens with one attached hydrogen (secondary N) is 1. The molecule has 1 fully saturated rings. The molecule has 0 radical (unpaired) electrons. The van der Waals surface area contributed by atoms with E-state index in [9.17, 15) is 4.79 Å². The number of hydrogen-bond donors (Lipinski definition) is 1. The van der Waals surface area contributed by atoms with Crippen LogP contribution in [-0.4, -0.2) is 37.2 Å². The van der Waals surface area contributed by atoms with E-state index in [0.717, 1.165) is 25.1 Å².